The van der Waals surface area contributed by atoms with E-state index in [4.69, 9.17) is 9.47 Å². The summed E-state index contributed by atoms with van der Waals surface area (Å²) in [5.41, 5.74) is 7.35. The molecule has 1 aliphatic heterocycles. The van der Waals surface area contributed by atoms with Crippen LogP contribution in [0.4, 0.5) is 0 Å². The Balaban J connectivity index is 1.27. The topological polar surface area (TPSA) is 18.5 Å². The third kappa shape index (κ3) is 5.12. The van der Waals surface area contributed by atoms with Crippen molar-refractivity contribution in [2.24, 2.45) is 0 Å². The van der Waals surface area contributed by atoms with Crippen LogP contribution in [0.5, 0.6) is 0 Å². The number of ether oxygens (including phenoxy) is 2. The number of aryl methyl sites for hydroxylation is 1. The maximum Gasteiger partial charge on any atom is 0.157 e. The van der Waals surface area contributed by atoms with Crippen LogP contribution in [0.1, 0.15) is 67.2 Å². The SMILES string of the molecule is C1=C(c2ccccc2)CCc2c1cccc2CCCCCOC1CCCCO1. The zero-order chi connectivity index (χ0) is 19.0. The molecule has 2 heteroatoms. The standard InChI is InChI=1S/C26H32O2/c1-3-10-21(11-4-1)23-16-17-25-22(13-9-14-24(25)20-23)12-5-2-7-18-27-26-15-6-8-19-28-26/h1,3-4,9-11,13-14,20,26H,2,5-8,12,15-19H2. The molecule has 0 bridgehead atoms. The van der Waals surface area contributed by atoms with E-state index in [0.29, 0.717) is 0 Å². The molecule has 148 valence electrons. The Kier molecular flexibility index (Phi) is 6.96. The Morgan fingerprint density at radius 1 is 0.893 bits per heavy atom. The third-order valence-corrected chi connectivity index (χ3v) is 5.96. The van der Waals surface area contributed by atoms with Crippen molar-refractivity contribution in [2.45, 2.75) is 64.1 Å². The van der Waals surface area contributed by atoms with E-state index >= 15 is 0 Å². The second-order valence-electron chi connectivity index (χ2n) is 8.00. The molecule has 0 amide bonds. The molecule has 0 radical (unpaired) electrons. The van der Waals surface area contributed by atoms with Gasteiger partial charge in [-0.3, -0.25) is 0 Å². The molecule has 2 aliphatic rings. The number of allylic oxidation sites excluding steroid dienone is 1. The van der Waals surface area contributed by atoms with Crippen LogP contribution in [0.25, 0.3) is 11.6 Å². The smallest absolute Gasteiger partial charge is 0.157 e. The molecule has 2 aromatic rings. The minimum Gasteiger partial charge on any atom is -0.353 e. The maximum atomic E-state index is 5.85. The van der Waals surface area contributed by atoms with Gasteiger partial charge in [-0.2, -0.15) is 0 Å². The minimum atomic E-state index is 0.0560. The largest absolute Gasteiger partial charge is 0.353 e. The number of fused-ring (bicyclic) bond motifs is 1. The van der Waals surface area contributed by atoms with E-state index in [1.54, 1.807) is 5.56 Å². The van der Waals surface area contributed by atoms with Crippen molar-refractivity contribution in [3.8, 4) is 0 Å². The van der Waals surface area contributed by atoms with Gasteiger partial charge in [0.25, 0.3) is 0 Å². The summed E-state index contributed by atoms with van der Waals surface area (Å²) in [4.78, 5) is 0. The Labute approximate surface area is 169 Å². The van der Waals surface area contributed by atoms with Crippen LogP contribution in [-0.4, -0.2) is 19.5 Å². The van der Waals surface area contributed by atoms with Gasteiger partial charge in [-0.05, 0) is 79.2 Å². The lowest BCUT2D eigenvalue weighted by molar-refractivity contribution is -0.162. The summed E-state index contributed by atoms with van der Waals surface area (Å²) in [6.07, 6.45) is 13.0. The fourth-order valence-corrected chi connectivity index (χ4v) is 4.38. The number of hydrogen-bond donors (Lipinski definition) is 0. The molecule has 0 aromatic heterocycles. The normalized spacial score (nSPS) is 19.1. The molecule has 1 fully saturated rings. The van der Waals surface area contributed by atoms with Crippen molar-refractivity contribution in [3.63, 3.8) is 0 Å². The quantitative estimate of drug-likeness (QED) is 0.494. The predicted molar refractivity (Wildman–Crippen MR) is 116 cm³/mol. The van der Waals surface area contributed by atoms with E-state index in [2.05, 4.69) is 54.6 Å². The molecule has 0 spiro atoms. The number of unbranched alkanes of at least 4 members (excludes halogenated alkanes) is 2. The first-order valence-corrected chi connectivity index (χ1v) is 11.0. The van der Waals surface area contributed by atoms with Crippen LogP contribution >= 0.6 is 0 Å². The molecule has 2 aromatic carbocycles. The number of rotatable bonds is 8. The van der Waals surface area contributed by atoms with E-state index in [1.165, 1.54) is 54.4 Å². The molecular weight excluding hydrogens is 344 g/mol. The average molecular weight is 377 g/mol. The summed E-state index contributed by atoms with van der Waals surface area (Å²) in [7, 11) is 0. The van der Waals surface area contributed by atoms with Gasteiger partial charge in [0.15, 0.2) is 6.29 Å². The summed E-state index contributed by atoms with van der Waals surface area (Å²) in [6, 6.07) is 17.6. The van der Waals surface area contributed by atoms with E-state index in [0.717, 1.165) is 38.9 Å². The summed E-state index contributed by atoms with van der Waals surface area (Å²) in [6.45, 7) is 1.70. The molecule has 0 saturated carbocycles. The fourth-order valence-electron chi connectivity index (χ4n) is 4.38. The van der Waals surface area contributed by atoms with Crippen molar-refractivity contribution < 1.29 is 9.47 Å². The number of hydrogen-bond acceptors (Lipinski definition) is 2. The summed E-state index contributed by atoms with van der Waals surface area (Å²) in [5, 5.41) is 0. The van der Waals surface area contributed by atoms with Crippen molar-refractivity contribution in [1.29, 1.82) is 0 Å². The van der Waals surface area contributed by atoms with Crippen molar-refractivity contribution in [1.82, 2.24) is 0 Å². The van der Waals surface area contributed by atoms with Gasteiger partial charge in [-0.15, -0.1) is 0 Å². The Bertz CT molecular complexity index is 772. The molecule has 1 unspecified atom stereocenters. The average Bonchev–Trinajstić information content (AvgIpc) is 2.77. The summed E-state index contributed by atoms with van der Waals surface area (Å²) >= 11 is 0. The highest BCUT2D eigenvalue weighted by atomic mass is 16.7. The third-order valence-electron chi connectivity index (χ3n) is 5.96. The van der Waals surface area contributed by atoms with Crippen molar-refractivity contribution in [3.05, 3.63) is 70.8 Å². The molecule has 1 heterocycles. The Hall–Kier alpha value is -1.90. The molecule has 28 heavy (non-hydrogen) atoms. The van der Waals surface area contributed by atoms with E-state index in [9.17, 15) is 0 Å². The molecule has 1 aliphatic carbocycles. The van der Waals surface area contributed by atoms with Crippen molar-refractivity contribution in [2.75, 3.05) is 13.2 Å². The predicted octanol–water partition coefficient (Wildman–Crippen LogP) is 6.43. The molecule has 4 rings (SSSR count). The monoisotopic (exact) mass is 376 g/mol. The lowest BCUT2D eigenvalue weighted by atomic mass is 9.85. The molecule has 2 nitrogen and oxygen atoms in total. The van der Waals surface area contributed by atoms with Crippen LogP contribution < -0.4 is 0 Å². The lowest BCUT2D eigenvalue weighted by Gasteiger charge is -2.22. The molecule has 1 saturated heterocycles. The highest BCUT2D eigenvalue weighted by Gasteiger charge is 2.15. The fraction of sp³-hybridized carbons (Fsp3) is 0.462. The van der Waals surface area contributed by atoms with Gasteiger partial charge in [0.1, 0.15) is 0 Å². The number of benzene rings is 2. The summed E-state index contributed by atoms with van der Waals surface area (Å²) < 4.78 is 11.5. The van der Waals surface area contributed by atoms with E-state index in [1.807, 2.05) is 0 Å². The lowest BCUT2D eigenvalue weighted by Crippen LogP contribution is -2.22. The van der Waals surface area contributed by atoms with Gasteiger partial charge < -0.3 is 9.47 Å². The minimum absolute atomic E-state index is 0.0560. The van der Waals surface area contributed by atoms with Gasteiger partial charge in [0.2, 0.25) is 0 Å². The van der Waals surface area contributed by atoms with Crippen LogP contribution in [-0.2, 0) is 22.3 Å². The first-order chi connectivity index (χ1) is 13.9. The van der Waals surface area contributed by atoms with Crippen LogP contribution in [0.2, 0.25) is 0 Å². The van der Waals surface area contributed by atoms with Crippen LogP contribution in [0.3, 0.4) is 0 Å². The first kappa shape index (κ1) is 19.4. The zero-order valence-corrected chi connectivity index (χ0v) is 16.9. The van der Waals surface area contributed by atoms with Gasteiger partial charge in [-0.25, -0.2) is 0 Å². The second kappa shape index (κ2) is 10.0. The van der Waals surface area contributed by atoms with Gasteiger partial charge in [0, 0.05) is 13.2 Å². The zero-order valence-electron chi connectivity index (χ0n) is 16.9. The maximum absolute atomic E-state index is 5.85. The molecule has 1 atom stereocenters. The Morgan fingerprint density at radius 2 is 1.82 bits per heavy atom. The van der Waals surface area contributed by atoms with E-state index < -0.39 is 0 Å². The van der Waals surface area contributed by atoms with Gasteiger partial charge in [-0.1, -0.05) is 61.0 Å². The van der Waals surface area contributed by atoms with Crippen LogP contribution in [0, 0.1) is 0 Å². The molecule has 0 N–H and O–H groups in total. The first-order valence-electron chi connectivity index (χ1n) is 11.0. The molecular formula is C26H32O2. The second-order valence-corrected chi connectivity index (χ2v) is 8.00. The highest BCUT2D eigenvalue weighted by molar-refractivity contribution is 5.84. The van der Waals surface area contributed by atoms with Gasteiger partial charge in [0.05, 0.1) is 0 Å². The summed E-state index contributed by atoms with van der Waals surface area (Å²) in [5.74, 6) is 0. The van der Waals surface area contributed by atoms with E-state index in [-0.39, 0.29) is 6.29 Å². The Morgan fingerprint density at radius 3 is 2.68 bits per heavy atom. The highest BCUT2D eigenvalue weighted by Crippen LogP contribution is 2.32. The van der Waals surface area contributed by atoms with Crippen LogP contribution in [0.15, 0.2) is 48.5 Å². The van der Waals surface area contributed by atoms with Crippen molar-refractivity contribution >= 4 is 11.6 Å². The van der Waals surface area contributed by atoms with Gasteiger partial charge >= 0.3 is 0 Å².